The standard InChI is InChI=1S/C13H15FN4O2/c1-2-7-17-11(5-6-16-17)9-15-13-8-10(18(19)20)3-4-12(13)14/h3-6,8,15H,2,7,9H2,1H3. The van der Waals surface area contributed by atoms with Crippen LogP contribution in [0, 0.1) is 15.9 Å². The van der Waals surface area contributed by atoms with Gasteiger partial charge in [0.2, 0.25) is 0 Å². The molecule has 106 valence electrons. The first kappa shape index (κ1) is 14.0. The van der Waals surface area contributed by atoms with Crippen molar-refractivity contribution in [3.63, 3.8) is 0 Å². The van der Waals surface area contributed by atoms with Crippen LogP contribution in [-0.2, 0) is 13.1 Å². The SMILES string of the molecule is CCCn1nccc1CNc1cc([N+](=O)[O-])ccc1F. The van der Waals surface area contributed by atoms with Gasteiger partial charge in [-0.2, -0.15) is 5.10 Å². The predicted molar refractivity (Wildman–Crippen MR) is 72.9 cm³/mol. The summed E-state index contributed by atoms with van der Waals surface area (Å²) >= 11 is 0. The van der Waals surface area contributed by atoms with Gasteiger partial charge in [0.25, 0.3) is 5.69 Å². The molecule has 0 amide bonds. The number of anilines is 1. The molecular formula is C13H15FN4O2. The van der Waals surface area contributed by atoms with E-state index in [0.717, 1.165) is 30.8 Å². The summed E-state index contributed by atoms with van der Waals surface area (Å²) in [6.07, 6.45) is 2.62. The van der Waals surface area contributed by atoms with Gasteiger partial charge in [-0.3, -0.25) is 14.8 Å². The Kier molecular flexibility index (Phi) is 4.29. The first-order valence-electron chi connectivity index (χ1n) is 6.30. The van der Waals surface area contributed by atoms with Gasteiger partial charge < -0.3 is 5.32 Å². The highest BCUT2D eigenvalue weighted by atomic mass is 19.1. The summed E-state index contributed by atoms with van der Waals surface area (Å²) in [6, 6.07) is 5.25. The minimum Gasteiger partial charge on any atom is -0.377 e. The summed E-state index contributed by atoms with van der Waals surface area (Å²) in [4.78, 5) is 10.1. The lowest BCUT2D eigenvalue weighted by Gasteiger charge is -2.09. The van der Waals surface area contributed by atoms with Crippen molar-refractivity contribution in [3.8, 4) is 0 Å². The van der Waals surface area contributed by atoms with Crippen molar-refractivity contribution in [1.82, 2.24) is 9.78 Å². The van der Waals surface area contributed by atoms with Gasteiger partial charge in [-0.25, -0.2) is 4.39 Å². The van der Waals surface area contributed by atoms with Crippen LogP contribution in [0.1, 0.15) is 19.0 Å². The first-order chi connectivity index (χ1) is 9.61. The smallest absolute Gasteiger partial charge is 0.271 e. The van der Waals surface area contributed by atoms with Crippen molar-refractivity contribution in [1.29, 1.82) is 0 Å². The highest BCUT2D eigenvalue weighted by molar-refractivity contribution is 5.52. The molecule has 0 aliphatic heterocycles. The van der Waals surface area contributed by atoms with Crippen LogP contribution in [0.5, 0.6) is 0 Å². The number of aromatic nitrogens is 2. The van der Waals surface area contributed by atoms with E-state index in [-0.39, 0.29) is 11.4 Å². The summed E-state index contributed by atoms with van der Waals surface area (Å²) in [6.45, 7) is 3.18. The van der Waals surface area contributed by atoms with E-state index in [1.165, 1.54) is 6.07 Å². The molecule has 1 aromatic carbocycles. The number of rotatable bonds is 6. The van der Waals surface area contributed by atoms with Crippen LogP contribution < -0.4 is 5.32 Å². The Labute approximate surface area is 115 Å². The highest BCUT2D eigenvalue weighted by Crippen LogP contribution is 2.21. The molecule has 0 spiro atoms. The summed E-state index contributed by atoms with van der Waals surface area (Å²) in [5.74, 6) is -0.517. The zero-order valence-corrected chi connectivity index (χ0v) is 11.0. The fraction of sp³-hybridized carbons (Fsp3) is 0.308. The molecule has 6 nitrogen and oxygen atoms in total. The molecule has 0 fully saturated rings. The van der Waals surface area contributed by atoms with Gasteiger partial charge in [-0.15, -0.1) is 0 Å². The number of benzene rings is 1. The lowest BCUT2D eigenvalue weighted by atomic mass is 10.2. The number of hydrogen-bond acceptors (Lipinski definition) is 4. The maximum absolute atomic E-state index is 13.6. The van der Waals surface area contributed by atoms with Crippen molar-refractivity contribution in [3.05, 3.63) is 52.1 Å². The number of nitrogens with zero attached hydrogens (tertiary/aromatic N) is 3. The second kappa shape index (κ2) is 6.14. The third-order valence-corrected chi connectivity index (χ3v) is 2.86. The maximum Gasteiger partial charge on any atom is 0.271 e. The minimum absolute atomic E-state index is 0.114. The fourth-order valence-electron chi connectivity index (χ4n) is 1.87. The number of nitro benzene ring substituents is 1. The number of hydrogen-bond donors (Lipinski definition) is 1. The third kappa shape index (κ3) is 3.11. The van der Waals surface area contributed by atoms with E-state index < -0.39 is 10.7 Å². The largest absolute Gasteiger partial charge is 0.377 e. The zero-order chi connectivity index (χ0) is 14.5. The number of nitro groups is 1. The Balaban J connectivity index is 2.12. The normalized spacial score (nSPS) is 10.5. The Hall–Kier alpha value is -2.44. The second-order valence-corrected chi connectivity index (χ2v) is 4.32. The molecule has 1 heterocycles. The van der Waals surface area contributed by atoms with Crippen molar-refractivity contribution in [2.75, 3.05) is 5.32 Å². The molecule has 0 aliphatic rings. The molecule has 0 radical (unpaired) electrons. The number of nitrogens with one attached hydrogen (secondary N) is 1. The molecule has 7 heteroatoms. The molecular weight excluding hydrogens is 263 g/mol. The summed E-state index contributed by atoms with van der Waals surface area (Å²) < 4.78 is 15.4. The average Bonchev–Trinajstić information content (AvgIpc) is 2.85. The predicted octanol–water partition coefficient (Wildman–Crippen LogP) is 2.95. The van der Waals surface area contributed by atoms with Crippen LogP contribution in [0.2, 0.25) is 0 Å². The molecule has 0 saturated heterocycles. The molecule has 0 aliphatic carbocycles. The van der Waals surface area contributed by atoms with E-state index >= 15 is 0 Å². The lowest BCUT2D eigenvalue weighted by Crippen LogP contribution is -2.09. The molecule has 20 heavy (non-hydrogen) atoms. The van der Waals surface area contributed by atoms with Gasteiger partial charge in [-0.05, 0) is 18.6 Å². The molecule has 0 saturated carbocycles. The quantitative estimate of drug-likeness (QED) is 0.651. The Morgan fingerprint density at radius 3 is 2.95 bits per heavy atom. The number of non-ortho nitro benzene ring substituents is 1. The molecule has 2 aromatic rings. The van der Waals surface area contributed by atoms with Gasteiger partial charge in [-0.1, -0.05) is 6.92 Å². The maximum atomic E-state index is 13.6. The van der Waals surface area contributed by atoms with Crippen molar-refractivity contribution >= 4 is 11.4 Å². The van der Waals surface area contributed by atoms with E-state index in [1.807, 2.05) is 17.7 Å². The van der Waals surface area contributed by atoms with E-state index in [1.54, 1.807) is 6.20 Å². The number of halogens is 1. The molecule has 1 aromatic heterocycles. The van der Waals surface area contributed by atoms with Crippen molar-refractivity contribution < 1.29 is 9.31 Å². The van der Waals surface area contributed by atoms with E-state index in [9.17, 15) is 14.5 Å². The monoisotopic (exact) mass is 278 g/mol. The van der Waals surface area contributed by atoms with Crippen molar-refractivity contribution in [2.45, 2.75) is 26.4 Å². The molecule has 1 N–H and O–H groups in total. The molecule has 2 rings (SSSR count). The summed E-state index contributed by atoms with van der Waals surface area (Å²) in [5, 5.41) is 17.7. The third-order valence-electron chi connectivity index (χ3n) is 2.86. The highest BCUT2D eigenvalue weighted by Gasteiger charge is 2.11. The van der Waals surface area contributed by atoms with Gasteiger partial charge in [0, 0.05) is 24.9 Å². The van der Waals surface area contributed by atoms with Crippen LogP contribution in [-0.4, -0.2) is 14.7 Å². The van der Waals surface area contributed by atoms with Gasteiger partial charge >= 0.3 is 0 Å². The van der Waals surface area contributed by atoms with Gasteiger partial charge in [0.15, 0.2) is 0 Å². The van der Waals surface area contributed by atoms with E-state index in [0.29, 0.717) is 6.54 Å². The average molecular weight is 278 g/mol. The van der Waals surface area contributed by atoms with E-state index in [2.05, 4.69) is 10.4 Å². The Bertz CT molecular complexity index is 612. The zero-order valence-electron chi connectivity index (χ0n) is 11.0. The van der Waals surface area contributed by atoms with Crippen LogP contribution in [0.15, 0.2) is 30.5 Å². The van der Waals surface area contributed by atoms with Crippen LogP contribution in [0.25, 0.3) is 0 Å². The summed E-state index contributed by atoms with van der Waals surface area (Å²) in [5.41, 5.74) is 0.872. The minimum atomic E-state index is -0.550. The fourth-order valence-corrected chi connectivity index (χ4v) is 1.87. The van der Waals surface area contributed by atoms with Crippen molar-refractivity contribution in [2.24, 2.45) is 0 Å². The summed E-state index contributed by atoms with van der Waals surface area (Å²) in [7, 11) is 0. The molecule has 0 atom stereocenters. The molecule has 0 bridgehead atoms. The van der Waals surface area contributed by atoms with Crippen LogP contribution in [0.4, 0.5) is 15.8 Å². The van der Waals surface area contributed by atoms with Crippen LogP contribution in [0.3, 0.4) is 0 Å². The topological polar surface area (TPSA) is 73.0 Å². The first-order valence-corrected chi connectivity index (χ1v) is 6.30. The Morgan fingerprint density at radius 1 is 1.45 bits per heavy atom. The van der Waals surface area contributed by atoms with E-state index in [4.69, 9.17) is 0 Å². The van der Waals surface area contributed by atoms with Crippen LogP contribution >= 0.6 is 0 Å². The molecule has 0 unspecified atom stereocenters. The second-order valence-electron chi connectivity index (χ2n) is 4.32. The Morgan fingerprint density at radius 2 is 2.25 bits per heavy atom. The van der Waals surface area contributed by atoms with Gasteiger partial charge in [0.1, 0.15) is 5.82 Å². The van der Waals surface area contributed by atoms with Gasteiger partial charge in [0.05, 0.1) is 22.8 Å². The number of aryl methyl sites for hydroxylation is 1. The lowest BCUT2D eigenvalue weighted by molar-refractivity contribution is -0.384.